The molecule has 0 spiro atoms. The zero-order valence-electron chi connectivity index (χ0n) is 17.6. The topological polar surface area (TPSA) is 71.8 Å². The Morgan fingerprint density at radius 3 is 2.38 bits per heavy atom. The fourth-order valence-electron chi connectivity index (χ4n) is 3.74. The van der Waals surface area contributed by atoms with E-state index in [1.807, 2.05) is 65.3 Å². The number of thioether (sulfide) groups is 1. The number of aryl methyl sites for hydroxylation is 1. The van der Waals surface area contributed by atoms with E-state index in [-0.39, 0.29) is 17.2 Å². The number of hydrogen-bond acceptors (Lipinski definition) is 5. The molecule has 0 fully saturated rings. The van der Waals surface area contributed by atoms with Crippen LogP contribution in [0.2, 0.25) is 0 Å². The Labute approximate surface area is 191 Å². The summed E-state index contributed by atoms with van der Waals surface area (Å²) in [5.74, 6) is 0.695. The Balaban J connectivity index is 1.46. The van der Waals surface area contributed by atoms with Gasteiger partial charge in [-0.1, -0.05) is 102 Å². The molecule has 0 saturated carbocycles. The van der Waals surface area contributed by atoms with Gasteiger partial charge in [-0.2, -0.15) is 0 Å². The van der Waals surface area contributed by atoms with Crippen LogP contribution in [0.3, 0.4) is 0 Å². The van der Waals surface area contributed by atoms with E-state index < -0.39 is 0 Å². The maximum Gasteiger partial charge on any atom is 0.236 e. The lowest BCUT2D eigenvalue weighted by atomic mass is 10.0. The van der Waals surface area contributed by atoms with Crippen molar-refractivity contribution in [3.05, 3.63) is 102 Å². The van der Waals surface area contributed by atoms with E-state index in [0.29, 0.717) is 11.7 Å². The number of carbonyl (C=O) groups excluding carboxylic acids is 1. The first-order chi connectivity index (χ1) is 15.7. The fraction of sp³-hybridized carbons (Fsp3) is 0.160. The standard InChI is InChI=1S/C25H23N5OS/c1-17-12-14-19(15-13-17)21-22(24(31)26-16-18-8-4-2-5-9-18)32-25-28-27-23(30(25)29-21)20-10-6-3-7-11-20/h2-15,21-22,29H,16H2,1H3,(H,26,31)/t21-,22+/m0/s1. The largest absolute Gasteiger partial charge is 0.351 e. The second kappa shape index (κ2) is 8.88. The average molecular weight is 442 g/mol. The Morgan fingerprint density at radius 2 is 1.66 bits per heavy atom. The van der Waals surface area contributed by atoms with E-state index in [4.69, 9.17) is 0 Å². The van der Waals surface area contributed by atoms with Gasteiger partial charge in [0.05, 0.1) is 6.04 Å². The van der Waals surface area contributed by atoms with Crippen LogP contribution >= 0.6 is 11.8 Å². The molecule has 1 amide bonds. The first-order valence-corrected chi connectivity index (χ1v) is 11.4. The third-order valence-corrected chi connectivity index (χ3v) is 6.69. The van der Waals surface area contributed by atoms with Gasteiger partial charge in [-0.05, 0) is 18.1 Å². The molecule has 7 heteroatoms. The molecule has 2 N–H and O–H groups in total. The minimum absolute atomic E-state index is 0.0348. The second-order valence-corrected chi connectivity index (χ2v) is 8.88. The average Bonchev–Trinajstić information content (AvgIpc) is 3.26. The molecule has 5 rings (SSSR count). The number of nitrogens with one attached hydrogen (secondary N) is 2. The van der Waals surface area contributed by atoms with Crippen LogP contribution in [0.15, 0.2) is 90.1 Å². The fourth-order valence-corrected chi connectivity index (χ4v) is 4.84. The number of benzene rings is 3. The number of amides is 1. The summed E-state index contributed by atoms with van der Waals surface area (Å²) in [6.07, 6.45) is 0. The Bertz CT molecular complexity index is 1210. The van der Waals surface area contributed by atoms with Crippen molar-refractivity contribution in [2.75, 3.05) is 5.43 Å². The van der Waals surface area contributed by atoms with E-state index in [0.717, 1.165) is 22.5 Å². The van der Waals surface area contributed by atoms with E-state index in [1.54, 1.807) is 0 Å². The molecule has 6 nitrogen and oxygen atoms in total. The lowest BCUT2D eigenvalue weighted by Gasteiger charge is -2.33. The molecular formula is C25H23N5OS. The van der Waals surface area contributed by atoms with E-state index in [1.165, 1.54) is 17.3 Å². The summed E-state index contributed by atoms with van der Waals surface area (Å²) in [7, 11) is 0. The molecule has 2 heterocycles. The van der Waals surface area contributed by atoms with Crippen molar-refractivity contribution in [1.82, 2.24) is 20.2 Å². The van der Waals surface area contributed by atoms with Crippen molar-refractivity contribution in [2.24, 2.45) is 0 Å². The first-order valence-electron chi connectivity index (χ1n) is 10.5. The van der Waals surface area contributed by atoms with E-state index in [2.05, 4.69) is 52.1 Å². The maximum absolute atomic E-state index is 13.3. The smallest absolute Gasteiger partial charge is 0.236 e. The molecule has 160 valence electrons. The second-order valence-electron chi connectivity index (χ2n) is 7.77. The number of nitrogens with zero attached hydrogens (tertiary/aromatic N) is 3. The quantitative estimate of drug-likeness (QED) is 0.482. The zero-order valence-corrected chi connectivity index (χ0v) is 18.4. The molecule has 4 aromatic rings. The highest BCUT2D eigenvalue weighted by Gasteiger charge is 2.37. The first kappa shape index (κ1) is 20.3. The number of fused-ring (bicyclic) bond motifs is 1. The molecule has 0 unspecified atom stereocenters. The van der Waals surface area contributed by atoms with Crippen LogP contribution in [-0.4, -0.2) is 26.0 Å². The van der Waals surface area contributed by atoms with Crippen LogP contribution in [0, 0.1) is 6.92 Å². The summed E-state index contributed by atoms with van der Waals surface area (Å²) in [5, 5.41) is 12.1. The lowest BCUT2D eigenvalue weighted by Crippen LogP contribution is -2.43. The predicted octanol–water partition coefficient (Wildman–Crippen LogP) is 4.33. The highest BCUT2D eigenvalue weighted by molar-refractivity contribution is 8.00. The molecule has 0 bridgehead atoms. The maximum atomic E-state index is 13.3. The van der Waals surface area contributed by atoms with Crippen LogP contribution in [0.25, 0.3) is 11.4 Å². The van der Waals surface area contributed by atoms with Gasteiger partial charge in [0, 0.05) is 12.1 Å². The molecular weight excluding hydrogens is 418 g/mol. The summed E-state index contributed by atoms with van der Waals surface area (Å²) in [6.45, 7) is 2.54. The minimum atomic E-state index is -0.387. The third kappa shape index (κ3) is 4.11. The molecule has 32 heavy (non-hydrogen) atoms. The molecule has 0 radical (unpaired) electrons. The highest BCUT2D eigenvalue weighted by atomic mass is 32.2. The van der Waals surface area contributed by atoms with Crippen LogP contribution < -0.4 is 10.7 Å². The summed E-state index contributed by atoms with van der Waals surface area (Å²) in [6, 6.07) is 27.9. The van der Waals surface area contributed by atoms with Crippen LogP contribution in [0.5, 0.6) is 0 Å². The highest BCUT2D eigenvalue weighted by Crippen LogP contribution is 2.38. The van der Waals surface area contributed by atoms with Gasteiger partial charge in [0.25, 0.3) is 0 Å². The number of carbonyl (C=O) groups is 1. The number of aromatic nitrogens is 3. The van der Waals surface area contributed by atoms with Gasteiger partial charge in [-0.25, -0.2) is 4.68 Å². The van der Waals surface area contributed by atoms with Crippen molar-refractivity contribution in [3.8, 4) is 11.4 Å². The van der Waals surface area contributed by atoms with Crippen LogP contribution in [0.4, 0.5) is 0 Å². The summed E-state index contributed by atoms with van der Waals surface area (Å²) < 4.78 is 1.89. The van der Waals surface area contributed by atoms with Crippen molar-refractivity contribution < 1.29 is 4.79 Å². The molecule has 1 aliphatic rings. The van der Waals surface area contributed by atoms with Gasteiger partial charge in [0.2, 0.25) is 11.1 Å². The Kier molecular flexibility index (Phi) is 5.64. The molecule has 2 atom stereocenters. The van der Waals surface area contributed by atoms with Gasteiger partial charge < -0.3 is 10.7 Å². The van der Waals surface area contributed by atoms with Gasteiger partial charge in [0.15, 0.2) is 5.82 Å². The molecule has 1 aliphatic heterocycles. The van der Waals surface area contributed by atoms with E-state index in [9.17, 15) is 4.79 Å². The predicted molar refractivity (Wildman–Crippen MR) is 127 cm³/mol. The van der Waals surface area contributed by atoms with Gasteiger partial charge in [-0.3, -0.25) is 4.79 Å². The molecule has 1 aromatic heterocycles. The monoisotopic (exact) mass is 441 g/mol. The van der Waals surface area contributed by atoms with Crippen molar-refractivity contribution in [2.45, 2.75) is 29.9 Å². The Hall–Kier alpha value is -3.58. The Morgan fingerprint density at radius 1 is 0.969 bits per heavy atom. The lowest BCUT2D eigenvalue weighted by molar-refractivity contribution is -0.121. The van der Waals surface area contributed by atoms with Crippen molar-refractivity contribution >= 4 is 17.7 Å². The normalized spacial score (nSPS) is 17.3. The van der Waals surface area contributed by atoms with Gasteiger partial charge >= 0.3 is 0 Å². The molecule has 0 saturated heterocycles. The van der Waals surface area contributed by atoms with Crippen LogP contribution in [0.1, 0.15) is 22.7 Å². The van der Waals surface area contributed by atoms with Crippen molar-refractivity contribution in [3.63, 3.8) is 0 Å². The van der Waals surface area contributed by atoms with Gasteiger partial charge in [0.1, 0.15) is 5.25 Å². The minimum Gasteiger partial charge on any atom is -0.351 e. The number of rotatable bonds is 5. The zero-order chi connectivity index (χ0) is 21.9. The van der Waals surface area contributed by atoms with E-state index >= 15 is 0 Å². The molecule has 0 aliphatic carbocycles. The third-order valence-electron chi connectivity index (χ3n) is 5.47. The summed E-state index contributed by atoms with van der Waals surface area (Å²) in [4.78, 5) is 13.3. The summed E-state index contributed by atoms with van der Waals surface area (Å²) in [5.41, 5.74) is 7.77. The van der Waals surface area contributed by atoms with Gasteiger partial charge in [-0.15, -0.1) is 10.2 Å². The number of hydrogen-bond donors (Lipinski definition) is 2. The van der Waals surface area contributed by atoms with Crippen molar-refractivity contribution in [1.29, 1.82) is 0 Å². The van der Waals surface area contributed by atoms with Crippen LogP contribution in [-0.2, 0) is 11.3 Å². The molecule has 3 aromatic carbocycles. The summed E-state index contributed by atoms with van der Waals surface area (Å²) >= 11 is 1.44. The SMILES string of the molecule is Cc1ccc([C@@H]2Nn3c(nnc3-c3ccccc3)S[C@H]2C(=O)NCc2ccccc2)cc1.